The molecule has 5 nitrogen and oxygen atoms in total. The van der Waals surface area contributed by atoms with Crippen LogP contribution in [-0.2, 0) is 17.6 Å². The van der Waals surface area contributed by atoms with Gasteiger partial charge in [0.15, 0.2) is 5.78 Å². The van der Waals surface area contributed by atoms with Crippen LogP contribution in [0.4, 0.5) is 5.69 Å². The molecule has 2 aromatic rings. The molecule has 0 spiro atoms. The van der Waals surface area contributed by atoms with Crippen LogP contribution in [0, 0.1) is 0 Å². The van der Waals surface area contributed by atoms with E-state index < -0.39 is 0 Å². The third kappa shape index (κ3) is 2.27. The summed E-state index contributed by atoms with van der Waals surface area (Å²) in [5.74, 6) is 0.251. The molecular formula is C18H19N3O2. The molecule has 0 N–H and O–H groups in total. The monoisotopic (exact) mass is 309 g/mol. The molecule has 0 bridgehead atoms. The van der Waals surface area contributed by atoms with Gasteiger partial charge in [-0.3, -0.25) is 14.2 Å². The third-order valence-corrected chi connectivity index (χ3v) is 4.76. The van der Waals surface area contributed by atoms with E-state index in [9.17, 15) is 9.59 Å². The number of benzene rings is 1. The van der Waals surface area contributed by atoms with Gasteiger partial charge in [0, 0.05) is 31.3 Å². The van der Waals surface area contributed by atoms with E-state index >= 15 is 0 Å². The Morgan fingerprint density at radius 3 is 2.87 bits per heavy atom. The van der Waals surface area contributed by atoms with Crippen LogP contribution in [-0.4, -0.2) is 27.8 Å². The van der Waals surface area contributed by atoms with Crippen molar-refractivity contribution in [3.8, 4) is 5.69 Å². The van der Waals surface area contributed by atoms with E-state index in [2.05, 4.69) is 11.1 Å². The summed E-state index contributed by atoms with van der Waals surface area (Å²) in [4.78, 5) is 30.3. The molecule has 0 atom stereocenters. The molecule has 1 aliphatic heterocycles. The Morgan fingerprint density at radius 1 is 1.17 bits per heavy atom. The standard InChI is InChI=1S/C18H19N3O2/c1-12(22)20-9-3-4-13-10-14(7-8-16(13)20)21-11-19-15-5-2-6-17(23)18(15)21/h7-8,10-11H,2-6,9H2,1H3. The number of fused-ring (bicyclic) bond motifs is 2. The number of hydrogen-bond donors (Lipinski definition) is 0. The van der Waals surface area contributed by atoms with Gasteiger partial charge in [-0.15, -0.1) is 0 Å². The molecule has 1 amide bonds. The van der Waals surface area contributed by atoms with Gasteiger partial charge in [-0.1, -0.05) is 0 Å². The second-order valence-corrected chi connectivity index (χ2v) is 6.27. The van der Waals surface area contributed by atoms with E-state index in [1.807, 2.05) is 21.6 Å². The Morgan fingerprint density at radius 2 is 2.04 bits per heavy atom. The number of hydrogen-bond acceptors (Lipinski definition) is 3. The van der Waals surface area contributed by atoms with Crippen LogP contribution < -0.4 is 4.90 Å². The van der Waals surface area contributed by atoms with Crippen LogP contribution in [0.25, 0.3) is 5.69 Å². The van der Waals surface area contributed by atoms with Crippen LogP contribution in [0.3, 0.4) is 0 Å². The zero-order valence-electron chi connectivity index (χ0n) is 13.2. The smallest absolute Gasteiger partial charge is 0.223 e. The van der Waals surface area contributed by atoms with Crippen molar-refractivity contribution in [1.29, 1.82) is 0 Å². The summed E-state index contributed by atoms with van der Waals surface area (Å²) in [6.45, 7) is 2.38. The molecule has 0 unspecified atom stereocenters. The fraction of sp³-hybridized carbons (Fsp3) is 0.389. The number of ketones is 1. The van der Waals surface area contributed by atoms with Gasteiger partial charge >= 0.3 is 0 Å². The number of nitrogens with zero attached hydrogens (tertiary/aromatic N) is 3. The summed E-state index contributed by atoms with van der Waals surface area (Å²) in [6, 6.07) is 6.06. The fourth-order valence-corrected chi connectivity index (χ4v) is 3.65. The summed E-state index contributed by atoms with van der Waals surface area (Å²) >= 11 is 0. The van der Waals surface area contributed by atoms with Gasteiger partial charge in [-0.25, -0.2) is 4.98 Å². The Kier molecular flexibility index (Phi) is 3.29. The van der Waals surface area contributed by atoms with Crippen molar-refractivity contribution in [2.24, 2.45) is 0 Å². The Bertz CT molecular complexity index is 807. The molecule has 0 saturated heterocycles. The van der Waals surface area contributed by atoms with Crippen LogP contribution in [0.1, 0.15) is 47.9 Å². The number of Topliss-reactive ketones (excluding diaryl/α,β-unsaturated/α-hetero) is 1. The maximum Gasteiger partial charge on any atom is 0.223 e. The summed E-state index contributed by atoms with van der Waals surface area (Å²) < 4.78 is 1.91. The van der Waals surface area contributed by atoms with Gasteiger partial charge in [0.25, 0.3) is 0 Å². The van der Waals surface area contributed by atoms with Crippen LogP contribution in [0.2, 0.25) is 0 Å². The first-order valence-electron chi connectivity index (χ1n) is 8.16. The van der Waals surface area contributed by atoms with Crippen molar-refractivity contribution in [3.63, 3.8) is 0 Å². The number of imidazole rings is 1. The molecule has 118 valence electrons. The van der Waals surface area contributed by atoms with E-state index in [0.29, 0.717) is 6.42 Å². The minimum absolute atomic E-state index is 0.0777. The van der Waals surface area contributed by atoms with E-state index in [0.717, 1.165) is 60.6 Å². The highest BCUT2D eigenvalue weighted by atomic mass is 16.2. The molecule has 1 aromatic carbocycles. The summed E-state index contributed by atoms with van der Waals surface area (Å²) in [6.07, 6.45) is 6.04. The molecule has 0 fully saturated rings. The van der Waals surface area contributed by atoms with Crippen molar-refractivity contribution in [1.82, 2.24) is 9.55 Å². The number of carbonyl (C=O) groups is 2. The number of anilines is 1. The van der Waals surface area contributed by atoms with Crippen LogP contribution in [0.5, 0.6) is 0 Å². The number of aromatic nitrogens is 2. The van der Waals surface area contributed by atoms with Gasteiger partial charge < -0.3 is 4.90 Å². The zero-order chi connectivity index (χ0) is 16.0. The summed E-state index contributed by atoms with van der Waals surface area (Å²) in [5, 5.41) is 0. The first-order chi connectivity index (χ1) is 11.1. The van der Waals surface area contributed by atoms with E-state index in [4.69, 9.17) is 0 Å². The Hall–Kier alpha value is -2.43. The first kappa shape index (κ1) is 14.2. The molecule has 1 aliphatic carbocycles. The molecule has 4 rings (SSSR count). The van der Waals surface area contributed by atoms with Gasteiger partial charge in [-0.05, 0) is 49.4 Å². The van der Waals surface area contributed by atoms with Gasteiger partial charge in [0.05, 0.1) is 5.69 Å². The van der Waals surface area contributed by atoms with Crippen LogP contribution in [0.15, 0.2) is 24.5 Å². The number of aryl methyl sites for hydroxylation is 2. The molecule has 2 aliphatic rings. The number of rotatable bonds is 1. The van der Waals surface area contributed by atoms with E-state index in [1.54, 1.807) is 13.3 Å². The average molecular weight is 309 g/mol. The minimum Gasteiger partial charge on any atom is -0.312 e. The van der Waals surface area contributed by atoms with Crippen molar-refractivity contribution in [2.45, 2.75) is 39.0 Å². The first-order valence-corrected chi connectivity index (χ1v) is 8.16. The molecule has 0 radical (unpaired) electrons. The highest BCUT2D eigenvalue weighted by Crippen LogP contribution is 2.31. The lowest BCUT2D eigenvalue weighted by Crippen LogP contribution is -2.33. The Labute approximate surface area is 134 Å². The molecule has 0 saturated carbocycles. The molecule has 5 heteroatoms. The van der Waals surface area contributed by atoms with Gasteiger partial charge in [0.1, 0.15) is 12.0 Å². The quantitative estimate of drug-likeness (QED) is 0.814. The van der Waals surface area contributed by atoms with Crippen molar-refractivity contribution < 1.29 is 9.59 Å². The molecular weight excluding hydrogens is 290 g/mol. The predicted molar refractivity (Wildman–Crippen MR) is 87.2 cm³/mol. The maximum absolute atomic E-state index is 12.3. The summed E-state index contributed by atoms with van der Waals surface area (Å²) in [7, 11) is 0. The van der Waals surface area contributed by atoms with Gasteiger partial charge in [0.2, 0.25) is 5.91 Å². The van der Waals surface area contributed by atoms with Crippen molar-refractivity contribution >= 4 is 17.4 Å². The lowest BCUT2D eigenvalue weighted by molar-refractivity contribution is -0.116. The number of carbonyl (C=O) groups excluding carboxylic acids is 2. The third-order valence-electron chi connectivity index (χ3n) is 4.76. The van der Waals surface area contributed by atoms with Crippen LogP contribution >= 0.6 is 0 Å². The molecule has 1 aromatic heterocycles. The lowest BCUT2D eigenvalue weighted by atomic mass is 9.98. The average Bonchev–Trinajstić information content (AvgIpc) is 2.99. The SMILES string of the molecule is CC(=O)N1CCCc2cc(-n3cnc4c3C(=O)CCC4)ccc21. The molecule has 23 heavy (non-hydrogen) atoms. The van der Waals surface area contributed by atoms with E-state index in [-0.39, 0.29) is 11.7 Å². The Balaban J connectivity index is 1.79. The minimum atomic E-state index is 0.0777. The second kappa shape index (κ2) is 5.33. The normalized spacial score (nSPS) is 16.9. The van der Waals surface area contributed by atoms with E-state index in [1.165, 1.54) is 0 Å². The van der Waals surface area contributed by atoms with Crippen molar-refractivity contribution in [3.05, 3.63) is 41.5 Å². The fourth-order valence-electron chi connectivity index (χ4n) is 3.65. The van der Waals surface area contributed by atoms with Crippen molar-refractivity contribution in [2.75, 3.05) is 11.4 Å². The zero-order valence-corrected chi connectivity index (χ0v) is 13.2. The maximum atomic E-state index is 12.3. The number of amides is 1. The highest BCUT2D eigenvalue weighted by Gasteiger charge is 2.25. The second-order valence-electron chi connectivity index (χ2n) is 6.27. The summed E-state index contributed by atoms with van der Waals surface area (Å²) in [5.41, 5.74) is 4.75. The topological polar surface area (TPSA) is 55.2 Å². The molecule has 2 heterocycles. The predicted octanol–water partition coefficient (Wildman–Crippen LogP) is 2.69. The lowest BCUT2D eigenvalue weighted by Gasteiger charge is -2.29. The largest absolute Gasteiger partial charge is 0.312 e. The van der Waals surface area contributed by atoms with Gasteiger partial charge in [-0.2, -0.15) is 0 Å². The highest BCUT2D eigenvalue weighted by molar-refractivity contribution is 5.97.